The first-order valence-electron chi connectivity index (χ1n) is 9.94. The number of hydrogen-bond acceptors (Lipinski definition) is 4. The maximum Gasteiger partial charge on any atom is 0.137 e. The van der Waals surface area contributed by atoms with Gasteiger partial charge in [0.25, 0.3) is 0 Å². The summed E-state index contributed by atoms with van der Waals surface area (Å²) in [4.78, 5) is 11.4. The lowest BCUT2D eigenvalue weighted by atomic mass is 10.0. The van der Waals surface area contributed by atoms with E-state index >= 15 is 0 Å². The summed E-state index contributed by atoms with van der Waals surface area (Å²) in [6.07, 6.45) is 2.77. The standard InChI is InChI=1S/C19H28N4S.C2H6.C2H4/c1-7-23(6)12-20-17-9-14(4)16(8-15(17)5)10-19-22-18(11-24-19)21-13(2)3;2*1-2/h8-9,11-13,21H,7,10H2,1-6H3;1-2H3;1-2H2. The van der Waals surface area contributed by atoms with Gasteiger partial charge in [-0.25, -0.2) is 9.98 Å². The van der Waals surface area contributed by atoms with E-state index in [0.717, 1.165) is 29.5 Å². The minimum Gasteiger partial charge on any atom is -0.367 e. The normalized spacial score (nSPS) is 10.2. The van der Waals surface area contributed by atoms with Crippen LogP contribution in [0.4, 0.5) is 11.5 Å². The fourth-order valence-electron chi connectivity index (χ4n) is 2.35. The molecule has 0 fully saturated rings. The van der Waals surface area contributed by atoms with Crippen LogP contribution in [0, 0.1) is 13.8 Å². The van der Waals surface area contributed by atoms with E-state index in [4.69, 9.17) is 0 Å². The van der Waals surface area contributed by atoms with Crippen molar-refractivity contribution in [3.8, 4) is 0 Å². The first-order chi connectivity index (χ1) is 13.4. The molecule has 0 spiro atoms. The van der Waals surface area contributed by atoms with Crippen LogP contribution in [0.25, 0.3) is 0 Å². The third kappa shape index (κ3) is 8.70. The summed E-state index contributed by atoms with van der Waals surface area (Å²) in [6, 6.07) is 4.82. The number of nitrogens with zero attached hydrogens (tertiary/aromatic N) is 3. The topological polar surface area (TPSA) is 40.5 Å². The lowest BCUT2D eigenvalue weighted by Crippen LogP contribution is -2.14. The van der Waals surface area contributed by atoms with Gasteiger partial charge < -0.3 is 10.2 Å². The summed E-state index contributed by atoms with van der Waals surface area (Å²) in [5, 5.41) is 6.59. The van der Waals surface area contributed by atoms with E-state index in [-0.39, 0.29) is 0 Å². The summed E-state index contributed by atoms with van der Waals surface area (Å²) in [6.45, 7) is 21.6. The Morgan fingerprint density at radius 2 is 1.86 bits per heavy atom. The smallest absolute Gasteiger partial charge is 0.137 e. The minimum absolute atomic E-state index is 0.405. The Hall–Kier alpha value is -2.14. The third-order valence-corrected chi connectivity index (χ3v) is 4.73. The molecule has 0 atom stereocenters. The average molecular weight is 403 g/mol. The zero-order chi connectivity index (χ0) is 21.7. The van der Waals surface area contributed by atoms with E-state index in [1.807, 2.05) is 27.2 Å². The Morgan fingerprint density at radius 3 is 2.43 bits per heavy atom. The molecule has 0 aliphatic rings. The van der Waals surface area contributed by atoms with Crippen LogP contribution in [0.3, 0.4) is 0 Å². The van der Waals surface area contributed by atoms with E-state index in [0.29, 0.717) is 6.04 Å². The predicted octanol–water partition coefficient (Wildman–Crippen LogP) is 6.61. The summed E-state index contributed by atoms with van der Waals surface area (Å²) < 4.78 is 0. The highest BCUT2D eigenvalue weighted by atomic mass is 32.1. The van der Waals surface area contributed by atoms with Gasteiger partial charge in [-0.05, 0) is 57.4 Å². The van der Waals surface area contributed by atoms with Crippen molar-refractivity contribution in [2.24, 2.45) is 4.99 Å². The Balaban J connectivity index is 0.00000171. The molecule has 156 valence electrons. The molecule has 1 N–H and O–H groups in total. The predicted molar refractivity (Wildman–Crippen MR) is 129 cm³/mol. The molecule has 1 aromatic carbocycles. The number of thiazole rings is 1. The minimum atomic E-state index is 0.405. The fraction of sp³-hybridized carbons (Fsp3) is 0.478. The van der Waals surface area contributed by atoms with Crippen LogP contribution in [0.1, 0.15) is 56.3 Å². The number of hydrogen-bond donors (Lipinski definition) is 1. The molecule has 4 nitrogen and oxygen atoms in total. The molecule has 1 aromatic heterocycles. The SMILES string of the molecule is C=C.CC.CCN(C)C=Nc1cc(C)c(Cc2nc(NC(C)C)cs2)cc1C. The van der Waals surface area contributed by atoms with Crippen molar-refractivity contribution < 1.29 is 0 Å². The van der Waals surface area contributed by atoms with E-state index in [1.165, 1.54) is 16.7 Å². The number of anilines is 1. The number of nitrogens with one attached hydrogen (secondary N) is 1. The molecule has 0 aliphatic carbocycles. The van der Waals surface area contributed by atoms with Gasteiger partial charge in [-0.1, -0.05) is 19.9 Å². The zero-order valence-electron chi connectivity index (χ0n) is 19.0. The second-order valence-corrected chi connectivity index (χ2v) is 7.43. The molecule has 1 heterocycles. The number of aryl methyl sites for hydroxylation is 2. The van der Waals surface area contributed by atoms with E-state index in [1.54, 1.807) is 11.3 Å². The second kappa shape index (κ2) is 13.9. The van der Waals surface area contributed by atoms with Crippen LogP contribution in [0.5, 0.6) is 0 Å². The van der Waals surface area contributed by atoms with Crippen LogP contribution >= 0.6 is 11.3 Å². The van der Waals surface area contributed by atoms with Crippen molar-refractivity contribution in [2.75, 3.05) is 18.9 Å². The highest BCUT2D eigenvalue weighted by Crippen LogP contribution is 2.26. The molecule has 0 saturated carbocycles. The van der Waals surface area contributed by atoms with Gasteiger partial charge in [0.05, 0.1) is 17.0 Å². The highest BCUT2D eigenvalue weighted by molar-refractivity contribution is 7.10. The van der Waals surface area contributed by atoms with Gasteiger partial charge in [-0.3, -0.25) is 0 Å². The van der Waals surface area contributed by atoms with Gasteiger partial charge in [-0.15, -0.1) is 24.5 Å². The molecule has 0 radical (unpaired) electrons. The van der Waals surface area contributed by atoms with Crippen molar-refractivity contribution in [1.29, 1.82) is 0 Å². The van der Waals surface area contributed by atoms with Crippen molar-refractivity contribution in [3.05, 3.63) is 52.4 Å². The largest absolute Gasteiger partial charge is 0.367 e. The molecular weight excluding hydrogens is 364 g/mol. The van der Waals surface area contributed by atoms with Crippen LogP contribution < -0.4 is 5.32 Å². The number of benzene rings is 1. The molecular formula is C23H38N4S. The monoisotopic (exact) mass is 402 g/mol. The van der Waals surface area contributed by atoms with Crippen molar-refractivity contribution in [3.63, 3.8) is 0 Å². The molecule has 2 aromatic rings. The van der Waals surface area contributed by atoms with E-state index < -0.39 is 0 Å². The molecule has 0 aliphatic heterocycles. The molecule has 0 unspecified atom stereocenters. The Morgan fingerprint density at radius 1 is 1.21 bits per heavy atom. The number of rotatable bonds is 7. The molecule has 28 heavy (non-hydrogen) atoms. The lowest BCUT2D eigenvalue weighted by molar-refractivity contribution is 0.552. The van der Waals surface area contributed by atoms with E-state index in [9.17, 15) is 0 Å². The lowest BCUT2D eigenvalue weighted by Gasteiger charge is -2.11. The van der Waals surface area contributed by atoms with E-state index in [2.05, 4.69) is 85.5 Å². The van der Waals surface area contributed by atoms with Gasteiger partial charge in [0.1, 0.15) is 5.82 Å². The Labute approximate surface area is 176 Å². The quantitative estimate of drug-likeness (QED) is 0.322. The van der Waals surface area contributed by atoms with Crippen molar-refractivity contribution >= 4 is 29.2 Å². The highest BCUT2D eigenvalue weighted by Gasteiger charge is 2.08. The summed E-state index contributed by atoms with van der Waals surface area (Å²) in [5.74, 6) is 0.975. The Kier molecular flexibility index (Phi) is 12.9. The molecule has 0 amide bonds. The maximum atomic E-state index is 4.68. The molecule has 0 saturated heterocycles. The molecule has 0 bridgehead atoms. The molecule has 2 rings (SSSR count). The van der Waals surface area contributed by atoms with Crippen molar-refractivity contribution in [2.45, 2.75) is 60.9 Å². The van der Waals surface area contributed by atoms with Gasteiger partial charge in [0.2, 0.25) is 0 Å². The fourth-order valence-corrected chi connectivity index (χ4v) is 3.11. The maximum absolute atomic E-state index is 4.68. The van der Waals surface area contributed by atoms with Crippen molar-refractivity contribution in [1.82, 2.24) is 9.88 Å². The average Bonchev–Trinajstić information content (AvgIpc) is 3.12. The van der Waals surface area contributed by atoms with Crippen LogP contribution in [-0.4, -0.2) is 35.9 Å². The number of aromatic nitrogens is 1. The first-order valence-corrected chi connectivity index (χ1v) is 10.8. The van der Waals surface area contributed by atoms with Crippen LogP contribution in [-0.2, 0) is 6.42 Å². The van der Waals surface area contributed by atoms with Gasteiger partial charge in [0, 0.05) is 31.4 Å². The first kappa shape index (κ1) is 25.9. The summed E-state index contributed by atoms with van der Waals surface area (Å²) in [5.41, 5.74) is 4.83. The van der Waals surface area contributed by atoms with Crippen LogP contribution in [0.15, 0.2) is 35.7 Å². The number of aliphatic imine (C=N–C) groups is 1. The van der Waals surface area contributed by atoms with Gasteiger partial charge >= 0.3 is 0 Å². The Bertz CT molecular complexity index is 719. The zero-order valence-corrected chi connectivity index (χ0v) is 19.8. The third-order valence-electron chi connectivity index (χ3n) is 3.88. The van der Waals surface area contributed by atoms with Gasteiger partial charge in [-0.2, -0.15) is 0 Å². The second-order valence-electron chi connectivity index (χ2n) is 6.49. The summed E-state index contributed by atoms with van der Waals surface area (Å²) >= 11 is 1.71. The van der Waals surface area contributed by atoms with Gasteiger partial charge in [0.15, 0.2) is 0 Å². The summed E-state index contributed by atoms with van der Waals surface area (Å²) in [7, 11) is 2.03. The van der Waals surface area contributed by atoms with Crippen LogP contribution in [0.2, 0.25) is 0 Å². The molecule has 5 heteroatoms.